The van der Waals surface area contributed by atoms with E-state index in [0.29, 0.717) is 16.5 Å². The highest BCUT2D eigenvalue weighted by atomic mass is 32.2. The molecule has 1 saturated heterocycles. The number of carboxylic acid groups (broad SMARTS) is 1. The first kappa shape index (κ1) is 28.2. The number of aromatic amines is 1. The average Bonchev–Trinajstić information content (AvgIpc) is 3.77. The third-order valence-electron chi connectivity index (χ3n) is 6.60. The molecule has 16 nitrogen and oxygen atoms in total. The minimum atomic E-state index is -1.21. The molecule has 0 bridgehead atoms. The number of allylic oxidation sites excluding steroid dienone is 1. The number of rotatable bonds is 11. The molecule has 0 spiro atoms. The van der Waals surface area contributed by atoms with Crippen LogP contribution < -0.4 is 21.1 Å². The van der Waals surface area contributed by atoms with Crippen molar-refractivity contribution in [2.45, 2.75) is 53.0 Å². The van der Waals surface area contributed by atoms with Crippen LogP contribution in [0, 0.1) is 0 Å². The van der Waals surface area contributed by atoms with Crippen molar-refractivity contribution in [1.82, 2.24) is 45.7 Å². The van der Waals surface area contributed by atoms with Crippen LogP contribution in [0.1, 0.15) is 24.7 Å². The van der Waals surface area contributed by atoms with Crippen LogP contribution in [0.15, 0.2) is 58.0 Å². The highest BCUT2D eigenvalue weighted by Crippen LogP contribution is 2.40. The Kier molecular flexibility index (Phi) is 8.16. The number of pyridine rings is 1. The molecule has 218 valence electrons. The van der Waals surface area contributed by atoms with E-state index in [4.69, 9.17) is 10.6 Å². The van der Waals surface area contributed by atoms with Crippen molar-refractivity contribution < 1.29 is 28.9 Å². The fourth-order valence-corrected chi connectivity index (χ4v) is 7.07. The van der Waals surface area contributed by atoms with Crippen LogP contribution >= 0.6 is 35.1 Å². The minimum absolute atomic E-state index is 0.0769. The number of carbonyl (C=O) groups excluding carboxylic acids is 2. The van der Waals surface area contributed by atoms with E-state index in [1.54, 1.807) is 0 Å². The lowest BCUT2D eigenvalue weighted by Crippen LogP contribution is -2.71. The van der Waals surface area contributed by atoms with Crippen molar-refractivity contribution in [3.05, 3.63) is 53.8 Å². The molecule has 2 amide bonds. The number of nitrogens with two attached hydrogens (primary N) is 1. The number of thioether (sulfide) groups is 1. The normalized spacial score (nSPS) is 22.1. The molecule has 3 aromatic heterocycles. The molecule has 3 aromatic rings. The van der Waals surface area contributed by atoms with Gasteiger partial charge in [-0.3, -0.25) is 19.3 Å². The van der Waals surface area contributed by atoms with E-state index in [9.17, 15) is 19.5 Å². The molecular formula is C23H24N11O5S3+. The number of hydroxylamine groups is 1. The second-order valence-corrected chi connectivity index (χ2v) is 12.3. The lowest BCUT2D eigenvalue weighted by molar-refractivity contribution is -0.689. The van der Waals surface area contributed by atoms with Crippen molar-refractivity contribution in [1.29, 1.82) is 0 Å². The zero-order valence-electron chi connectivity index (χ0n) is 21.6. The monoisotopic (exact) mass is 630 g/mol. The number of nitrogens with zero attached hydrogens (tertiary/aromatic N) is 7. The van der Waals surface area contributed by atoms with E-state index in [1.165, 1.54) is 28.4 Å². The number of nitrogens with one attached hydrogen (secondary N) is 3. The summed E-state index contributed by atoms with van der Waals surface area (Å²) in [4.78, 5) is 50.7. The van der Waals surface area contributed by atoms with Gasteiger partial charge < -0.3 is 16.2 Å². The highest BCUT2D eigenvalue weighted by Gasteiger charge is 2.55. The maximum atomic E-state index is 13.3. The first-order valence-electron chi connectivity index (χ1n) is 12.6. The number of H-pyrrole nitrogens is 1. The predicted molar refractivity (Wildman–Crippen MR) is 148 cm³/mol. The molecule has 0 radical (unpaired) electrons. The summed E-state index contributed by atoms with van der Waals surface area (Å²) in [6, 6.07) is 1.65. The summed E-state index contributed by atoms with van der Waals surface area (Å²) in [7, 11) is 0. The number of carboxylic acids is 1. The fraction of sp³-hybridized carbons (Fsp3) is 0.348. The van der Waals surface area contributed by atoms with E-state index in [2.05, 4.69) is 40.8 Å². The van der Waals surface area contributed by atoms with Crippen LogP contribution in [0.25, 0.3) is 0 Å². The number of tetrazole rings is 1. The number of anilines is 1. The van der Waals surface area contributed by atoms with Crippen LogP contribution in [0.4, 0.5) is 5.13 Å². The Morgan fingerprint density at radius 1 is 1.36 bits per heavy atom. The Hall–Kier alpha value is -3.91. The number of hydrogen-bond acceptors (Lipinski definition) is 14. The molecular weight excluding hydrogens is 607 g/mol. The Balaban J connectivity index is 1.13. The van der Waals surface area contributed by atoms with Crippen LogP contribution in [-0.4, -0.2) is 81.0 Å². The van der Waals surface area contributed by atoms with Crippen molar-refractivity contribution in [2.24, 2.45) is 0 Å². The Bertz CT molecular complexity index is 1550. The maximum Gasteiger partial charge on any atom is 0.352 e. The molecule has 2 aliphatic heterocycles. The van der Waals surface area contributed by atoms with Gasteiger partial charge in [-0.25, -0.2) is 14.3 Å². The van der Waals surface area contributed by atoms with Gasteiger partial charge in [0.15, 0.2) is 35.9 Å². The number of aliphatic carboxylic acids is 1. The minimum Gasteiger partial charge on any atom is -0.477 e. The summed E-state index contributed by atoms with van der Waals surface area (Å²) in [5.74, 6) is -1.84. The van der Waals surface area contributed by atoms with E-state index in [0.717, 1.165) is 29.3 Å². The quantitative estimate of drug-likeness (QED) is 0.0802. The molecule has 0 aromatic carbocycles. The summed E-state index contributed by atoms with van der Waals surface area (Å²) < 4.78 is 5.95. The second kappa shape index (κ2) is 12.1. The predicted octanol–water partition coefficient (Wildman–Crippen LogP) is -0.208. The summed E-state index contributed by atoms with van der Waals surface area (Å²) in [6.07, 6.45) is 8.89. The highest BCUT2D eigenvalue weighted by molar-refractivity contribution is 8.00. The van der Waals surface area contributed by atoms with Crippen molar-refractivity contribution >= 4 is 58.0 Å². The summed E-state index contributed by atoms with van der Waals surface area (Å²) in [5.41, 5.74) is 8.94. The Labute approximate surface area is 250 Å². The summed E-state index contributed by atoms with van der Waals surface area (Å²) in [5, 5.41) is 26.6. The van der Waals surface area contributed by atoms with Crippen LogP contribution in [-0.2, 0) is 25.8 Å². The van der Waals surface area contributed by atoms with Gasteiger partial charge in [-0.05, 0) is 29.8 Å². The van der Waals surface area contributed by atoms with Gasteiger partial charge in [0.2, 0.25) is 11.1 Å². The van der Waals surface area contributed by atoms with E-state index < -0.39 is 35.2 Å². The van der Waals surface area contributed by atoms with Crippen molar-refractivity contribution in [3.8, 4) is 0 Å². The first-order valence-corrected chi connectivity index (χ1v) is 15.3. The molecule has 5 heterocycles. The van der Waals surface area contributed by atoms with Gasteiger partial charge in [-0.2, -0.15) is 15.1 Å². The van der Waals surface area contributed by atoms with E-state index >= 15 is 0 Å². The van der Waals surface area contributed by atoms with Crippen LogP contribution in [0.2, 0.25) is 0 Å². The molecule has 1 fully saturated rings. The summed E-state index contributed by atoms with van der Waals surface area (Å²) in [6.45, 7) is 0.269. The van der Waals surface area contributed by atoms with E-state index in [-0.39, 0.29) is 29.3 Å². The van der Waals surface area contributed by atoms with Crippen LogP contribution in [0.5, 0.6) is 0 Å². The fourth-order valence-electron chi connectivity index (χ4n) is 4.63. The van der Waals surface area contributed by atoms with E-state index in [1.807, 2.05) is 41.2 Å². The number of hydrogen-bond donors (Lipinski definition) is 5. The molecule has 3 aliphatic rings. The van der Waals surface area contributed by atoms with Crippen molar-refractivity contribution in [3.63, 3.8) is 0 Å². The number of aromatic nitrogens is 7. The SMILES string of the molecule is Nc1nc(C(NOC2C=CCC2)C(=O)NC2C(=O)N3C(C(=O)O)=C(C[n+]4ccc(Sc5nn[nH]n5)cc4)CS[C@H]23)ns1. The third kappa shape index (κ3) is 5.86. The number of nitrogen functional groups attached to an aromatic ring is 1. The lowest BCUT2D eigenvalue weighted by Gasteiger charge is -2.49. The molecule has 42 heavy (non-hydrogen) atoms. The van der Waals surface area contributed by atoms with Crippen LogP contribution in [0.3, 0.4) is 0 Å². The van der Waals surface area contributed by atoms with Gasteiger partial charge in [0, 0.05) is 39.9 Å². The zero-order valence-corrected chi connectivity index (χ0v) is 24.1. The Morgan fingerprint density at radius 2 is 2.19 bits per heavy atom. The molecule has 19 heteroatoms. The number of fused-ring (bicyclic) bond motifs is 1. The lowest BCUT2D eigenvalue weighted by atomic mass is 10.0. The number of β-lactam (4-membered cyclic amide) rings is 1. The Morgan fingerprint density at radius 3 is 2.86 bits per heavy atom. The topological polar surface area (TPSA) is 218 Å². The molecule has 6 rings (SSSR count). The number of carbonyl (C=O) groups is 3. The average molecular weight is 631 g/mol. The second-order valence-electron chi connectivity index (χ2n) is 9.36. The van der Waals surface area contributed by atoms with Gasteiger partial charge in [0.1, 0.15) is 17.1 Å². The number of amides is 2. The van der Waals surface area contributed by atoms with Gasteiger partial charge in [0.05, 0.1) is 6.10 Å². The standard InChI is InChI=1S/C23H23N11O5S3/c24-22-26-17(30-42-22)14(29-39-12-3-1-2-4-12)18(35)25-15-19(36)34-16(21(37)38)11(10-40-20(15)34)9-33-7-5-13(6-8-33)41-23-27-31-32-28-23/h1,3,5-8,12,14-15,20,29H,2,4,9-10H2,(H4-,24,25,26,27,28,30,31,32,35,37,38)/p+1/t12?,14?,15?,20-/m1/s1. The van der Waals surface area contributed by atoms with Gasteiger partial charge in [-0.15, -0.1) is 22.0 Å². The zero-order chi connectivity index (χ0) is 29.2. The molecule has 4 atom stereocenters. The molecule has 0 saturated carbocycles. The third-order valence-corrected chi connectivity index (χ3v) is 9.36. The maximum absolute atomic E-state index is 13.3. The summed E-state index contributed by atoms with van der Waals surface area (Å²) >= 11 is 3.64. The first-order chi connectivity index (χ1) is 20.4. The smallest absolute Gasteiger partial charge is 0.352 e. The van der Waals surface area contributed by atoms with Crippen molar-refractivity contribution in [2.75, 3.05) is 11.5 Å². The largest absolute Gasteiger partial charge is 0.477 e. The molecule has 3 unspecified atom stereocenters. The van der Waals surface area contributed by atoms with Gasteiger partial charge >= 0.3 is 5.97 Å². The molecule has 1 aliphatic carbocycles. The van der Waals surface area contributed by atoms with Gasteiger partial charge in [0.25, 0.3) is 5.91 Å². The molecule has 6 N–H and O–H groups in total. The van der Waals surface area contributed by atoms with Gasteiger partial charge in [-0.1, -0.05) is 12.2 Å².